The van der Waals surface area contributed by atoms with E-state index in [4.69, 9.17) is 11.6 Å². The lowest BCUT2D eigenvalue weighted by Gasteiger charge is -1.97. The summed E-state index contributed by atoms with van der Waals surface area (Å²) in [4.78, 5) is 4.30. The summed E-state index contributed by atoms with van der Waals surface area (Å²) >= 11 is 5.58. The van der Waals surface area contributed by atoms with Gasteiger partial charge in [-0.15, -0.1) is 0 Å². The molecule has 0 amide bonds. The molecule has 1 aliphatic heterocycles. The number of nitrogens with one attached hydrogen (secondary N) is 1. The first kappa shape index (κ1) is 11.2. The highest BCUT2D eigenvalue weighted by atomic mass is 35.5. The highest BCUT2D eigenvalue weighted by Crippen LogP contribution is 2.22. The zero-order valence-electron chi connectivity index (χ0n) is 8.27. The topological polar surface area (TPSA) is 58.5 Å². The van der Waals surface area contributed by atoms with Crippen LogP contribution >= 0.6 is 11.6 Å². The number of nitrogens with zero attached hydrogens (tertiary/aromatic N) is 1. The second kappa shape index (κ2) is 3.92. The van der Waals surface area contributed by atoms with Gasteiger partial charge in [-0.25, -0.2) is 8.42 Å². The maximum Gasteiger partial charge on any atom is 0.263 e. The molecule has 0 atom stereocenters. The fourth-order valence-corrected chi connectivity index (χ4v) is 2.73. The number of fused-ring (bicyclic) bond motifs is 1. The van der Waals surface area contributed by atoms with Crippen molar-refractivity contribution in [1.29, 1.82) is 0 Å². The lowest BCUT2D eigenvalue weighted by atomic mass is 10.2. The molecule has 1 heterocycles. The maximum absolute atomic E-state index is 11.7. The Morgan fingerprint density at radius 1 is 1.44 bits per heavy atom. The molecule has 0 spiro atoms. The second-order valence-electron chi connectivity index (χ2n) is 3.28. The molecule has 84 valence electrons. The van der Waals surface area contributed by atoms with Crippen molar-refractivity contribution in [3.05, 3.63) is 41.4 Å². The van der Waals surface area contributed by atoms with E-state index in [0.29, 0.717) is 16.4 Å². The van der Waals surface area contributed by atoms with E-state index >= 15 is 0 Å². The van der Waals surface area contributed by atoms with Crippen molar-refractivity contribution in [2.75, 3.05) is 6.54 Å². The summed E-state index contributed by atoms with van der Waals surface area (Å²) < 4.78 is 25.7. The van der Waals surface area contributed by atoms with Crippen molar-refractivity contribution >= 4 is 27.5 Å². The van der Waals surface area contributed by atoms with E-state index in [2.05, 4.69) is 16.3 Å². The Morgan fingerprint density at radius 3 is 2.81 bits per heavy atom. The summed E-state index contributed by atoms with van der Waals surface area (Å²) in [5, 5.41) is 0.357. The lowest BCUT2D eigenvalue weighted by Crippen LogP contribution is -2.22. The monoisotopic (exact) mass is 256 g/mol. The van der Waals surface area contributed by atoms with Crippen molar-refractivity contribution in [3.63, 3.8) is 0 Å². The first-order valence-electron chi connectivity index (χ1n) is 4.50. The number of hydrogen-bond donors (Lipinski definition) is 1. The van der Waals surface area contributed by atoms with Gasteiger partial charge in [-0.1, -0.05) is 30.3 Å². The summed E-state index contributed by atoms with van der Waals surface area (Å²) in [5.74, 6) is 0.317. The van der Waals surface area contributed by atoms with Gasteiger partial charge >= 0.3 is 0 Å². The van der Waals surface area contributed by atoms with E-state index in [1.54, 1.807) is 18.2 Å². The van der Waals surface area contributed by atoms with E-state index in [1.807, 2.05) is 0 Å². The van der Waals surface area contributed by atoms with Crippen LogP contribution in [0.1, 0.15) is 5.56 Å². The summed E-state index contributed by atoms with van der Waals surface area (Å²) in [6.07, 6.45) is 0. The van der Waals surface area contributed by atoms with Crippen molar-refractivity contribution in [2.24, 2.45) is 4.99 Å². The number of benzene rings is 1. The number of aliphatic imine (C=N–C) groups is 1. The third-order valence-corrected chi connectivity index (χ3v) is 3.59. The Balaban J connectivity index is 2.49. The number of amidine groups is 1. The van der Waals surface area contributed by atoms with Crippen LogP contribution in [0.25, 0.3) is 0 Å². The SMILES string of the molecule is C=C(Cl)CN=C1NS(=O)(=O)c2ccccc21. The van der Waals surface area contributed by atoms with E-state index in [9.17, 15) is 8.42 Å². The van der Waals surface area contributed by atoms with Gasteiger partial charge in [-0.3, -0.25) is 9.71 Å². The normalized spacial score (nSPS) is 19.2. The molecular formula is C10H9ClN2O2S. The summed E-state index contributed by atoms with van der Waals surface area (Å²) in [7, 11) is -3.46. The van der Waals surface area contributed by atoms with Gasteiger partial charge in [0, 0.05) is 10.6 Å². The van der Waals surface area contributed by atoms with E-state index in [1.165, 1.54) is 6.07 Å². The smallest absolute Gasteiger partial charge is 0.263 e. The summed E-state index contributed by atoms with van der Waals surface area (Å²) in [6, 6.07) is 6.66. The fourth-order valence-electron chi connectivity index (χ4n) is 1.42. The standard InChI is InChI=1S/C10H9ClN2O2S/c1-7(11)6-12-10-8-4-2-3-5-9(8)16(14,15)13-10/h2-5H,1,6H2,(H,12,13). The summed E-state index contributed by atoms with van der Waals surface area (Å²) in [5.41, 5.74) is 0.570. The Kier molecular flexibility index (Phi) is 2.73. The Bertz CT molecular complexity index is 578. The van der Waals surface area contributed by atoms with Gasteiger partial charge in [-0.2, -0.15) is 0 Å². The van der Waals surface area contributed by atoms with Crippen molar-refractivity contribution in [2.45, 2.75) is 4.90 Å². The predicted molar refractivity (Wildman–Crippen MR) is 63.2 cm³/mol. The van der Waals surface area contributed by atoms with Crippen molar-refractivity contribution < 1.29 is 8.42 Å². The highest BCUT2D eigenvalue weighted by Gasteiger charge is 2.29. The third-order valence-electron chi connectivity index (χ3n) is 2.07. The molecule has 0 bridgehead atoms. The molecule has 1 aromatic rings. The van der Waals surface area contributed by atoms with Crippen LogP contribution in [-0.4, -0.2) is 20.8 Å². The van der Waals surface area contributed by atoms with E-state index < -0.39 is 10.0 Å². The molecule has 0 unspecified atom stereocenters. The van der Waals surface area contributed by atoms with E-state index in [-0.39, 0.29) is 11.4 Å². The van der Waals surface area contributed by atoms with Crippen LogP contribution in [0, 0.1) is 0 Å². The highest BCUT2D eigenvalue weighted by molar-refractivity contribution is 7.90. The molecule has 1 N–H and O–H groups in total. The minimum Gasteiger partial charge on any atom is -0.263 e. The maximum atomic E-state index is 11.7. The van der Waals surface area contributed by atoms with Gasteiger partial charge in [0.25, 0.3) is 10.0 Å². The minimum atomic E-state index is -3.46. The van der Waals surface area contributed by atoms with Crippen molar-refractivity contribution in [3.8, 4) is 0 Å². The molecule has 0 fully saturated rings. The zero-order valence-corrected chi connectivity index (χ0v) is 9.85. The number of rotatable bonds is 2. The molecule has 0 aromatic heterocycles. The molecule has 1 aromatic carbocycles. The molecule has 1 aliphatic rings. The van der Waals surface area contributed by atoms with Crippen LogP contribution in [0.3, 0.4) is 0 Å². The average Bonchev–Trinajstić information content (AvgIpc) is 2.49. The second-order valence-corrected chi connectivity index (χ2v) is 5.47. The largest absolute Gasteiger partial charge is 0.263 e. The number of sulfonamides is 1. The van der Waals surface area contributed by atoms with Crippen LogP contribution in [0.4, 0.5) is 0 Å². The van der Waals surface area contributed by atoms with Crippen LogP contribution in [0.5, 0.6) is 0 Å². The molecule has 6 heteroatoms. The van der Waals surface area contributed by atoms with Gasteiger partial charge < -0.3 is 0 Å². The van der Waals surface area contributed by atoms with Gasteiger partial charge in [0.15, 0.2) is 0 Å². The van der Waals surface area contributed by atoms with Crippen LogP contribution in [0.15, 0.2) is 45.8 Å². The average molecular weight is 257 g/mol. The molecule has 0 saturated heterocycles. The summed E-state index contributed by atoms with van der Waals surface area (Å²) in [6.45, 7) is 3.68. The molecule has 0 radical (unpaired) electrons. The predicted octanol–water partition coefficient (Wildman–Crippen LogP) is 1.48. The fraction of sp³-hybridized carbons (Fsp3) is 0.100. The molecule has 0 saturated carbocycles. The lowest BCUT2D eigenvalue weighted by molar-refractivity contribution is 0.595. The Labute approximate surface area is 98.7 Å². The molecule has 16 heavy (non-hydrogen) atoms. The molecule has 0 aliphatic carbocycles. The van der Waals surface area contributed by atoms with Crippen LogP contribution in [0.2, 0.25) is 0 Å². The molecule has 4 nitrogen and oxygen atoms in total. The van der Waals surface area contributed by atoms with Gasteiger partial charge in [0.2, 0.25) is 0 Å². The van der Waals surface area contributed by atoms with Gasteiger partial charge in [-0.05, 0) is 12.1 Å². The van der Waals surface area contributed by atoms with Gasteiger partial charge in [0.1, 0.15) is 5.84 Å². The zero-order chi connectivity index (χ0) is 11.8. The minimum absolute atomic E-state index is 0.188. The van der Waals surface area contributed by atoms with Crippen LogP contribution < -0.4 is 4.72 Å². The van der Waals surface area contributed by atoms with Crippen LogP contribution in [-0.2, 0) is 10.0 Å². The van der Waals surface area contributed by atoms with E-state index in [0.717, 1.165) is 0 Å². The Morgan fingerprint density at radius 2 is 2.12 bits per heavy atom. The first-order valence-corrected chi connectivity index (χ1v) is 6.37. The molecule has 2 rings (SSSR count). The van der Waals surface area contributed by atoms with Crippen molar-refractivity contribution in [1.82, 2.24) is 4.72 Å². The number of halogens is 1. The quantitative estimate of drug-likeness (QED) is 0.871. The number of hydrogen-bond acceptors (Lipinski definition) is 3. The first-order chi connectivity index (χ1) is 7.50. The Hall–Kier alpha value is -1.33. The van der Waals surface area contributed by atoms with Gasteiger partial charge in [0.05, 0.1) is 11.4 Å². The molecular weight excluding hydrogens is 248 g/mol. The third kappa shape index (κ3) is 1.96.